The third-order valence-corrected chi connectivity index (χ3v) is 6.80. The fraction of sp³-hybridized carbons (Fsp3) is 0.565. The van der Waals surface area contributed by atoms with Crippen molar-refractivity contribution in [1.29, 1.82) is 10.7 Å². The van der Waals surface area contributed by atoms with Crippen molar-refractivity contribution in [3.63, 3.8) is 0 Å². The van der Waals surface area contributed by atoms with Crippen LogP contribution in [-0.2, 0) is 9.53 Å². The second-order valence-electron chi connectivity index (χ2n) is 8.83. The highest BCUT2D eigenvalue weighted by molar-refractivity contribution is 5.98. The van der Waals surface area contributed by atoms with Crippen molar-refractivity contribution in [3.8, 4) is 6.07 Å². The summed E-state index contributed by atoms with van der Waals surface area (Å²) in [6.45, 7) is 4.43. The van der Waals surface area contributed by atoms with E-state index < -0.39 is 5.60 Å². The van der Waals surface area contributed by atoms with E-state index in [1.54, 1.807) is 26.1 Å². The smallest absolute Gasteiger partial charge is 0.248 e. The number of aliphatic hydroxyl groups excluding tert-OH is 1. The fourth-order valence-corrected chi connectivity index (χ4v) is 5.28. The largest absolute Gasteiger partial charge is 0.512 e. The standard InChI is InChI=1S/C23H29N5O3/c1-15(25)22(16(2)29)23(8-3-9-23)31-14-21(30)27-12-18-5-6-19(13-27)28(18)20-7-4-17(10-24)11-26-20/h4,7,11,18-19,25,29H,3,5-6,8-9,12-14H2,1-2H3/b22-16+,25-15?. The lowest BCUT2D eigenvalue weighted by molar-refractivity contribution is -0.147. The Bertz CT molecular complexity index is 927. The minimum Gasteiger partial charge on any atom is -0.512 e. The van der Waals surface area contributed by atoms with Gasteiger partial charge in [-0.1, -0.05) is 0 Å². The first kappa shape index (κ1) is 21.3. The van der Waals surface area contributed by atoms with Gasteiger partial charge in [0.2, 0.25) is 5.91 Å². The van der Waals surface area contributed by atoms with Gasteiger partial charge in [-0.2, -0.15) is 5.26 Å². The number of carbonyl (C=O) groups excluding carboxylic acids is 1. The zero-order valence-corrected chi connectivity index (χ0v) is 18.1. The molecule has 2 bridgehead atoms. The second kappa shape index (κ2) is 8.31. The highest BCUT2D eigenvalue weighted by Crippen LogP contribution is 2.43. The van der Waals surface area contributed by atoms with E-state index in [1.807, 2.05) is 11.0 Å². The van der Waals surface area contributed by atoms with Gasteiger partial charge in [-0.15, -0.1) is 0 Å². The van der Waals surface area contributed by atoms with Crippen LogP contribution in [0.15, 0.2) is 29.7 Å². The van der Waals surface area contributed by atoms with Crippen LogP contribution in [0.4, 0.5) is 5.82 Å². The number of nitrogens with one attached hydrogen (secondary N) is 1. The number of piperazine rings is 1. The van der Waals surface area contributed by atoms with E-state index in [0.717, 1.165) is 25.1 Å². The van der Waals surface area contributed by atoms with Gasteiger partial charge in [0.05, 0.1) is 16.9 Å². The molecule has 1 amide bonds. The molecule has 3 aliphatic rings. The van der Waals surface area contributed by atoms with E-state index in [-0.39, 0.29) is 36.1 Å². The van der Waals surface area contributed by atoms with Gasteiger partial charge in [0.1, 0.15) is 18.5 Å². The van der Waals surface area contributed by atoms with E-state index >= 15 is 0 Å². The first-order valence-electron chi connectivity index (χ1n) is 10.9. The maximum atomic E-state index is 13.0. The van der Waals surface area contributed by atoms with Gasteiger partial charge >= 0.3 is 0 Å². The average molecular weight is 424 g/mol. The zero-order valence-electron chi connectivity index (χ0n) is 18.1. The first-order valence-corrected chi connectivity index (χ1v) is 10.9. The van der Waals surface area contributed by atoms with E-state index in [4.69, 9.17) is 15.4 Å². The number of pyridine rings is 1. The molecule has 1 aliphatic carbocycles. The number of aliphatic hydroxyl groups is 1. The van der Waals surface area contributed by atoms with Gasteiger partial charge in [-0.25, -0.2) is 4.98 Å². The summed E-state index contributed by atoms with van der Waals surface area (Å²) in [5, 5.41) is 27.1. The van der Waals surface area contributed by atoms with Crippen LogP contribution in [0.1, 0.15) is 51.5 Å². The number of fused-ring (bicyclic) bond motifs is 2. The maximum Gasteiger partial charge on any atom is 0.248 e. The number of hydrogen-bond acceptors (Lipinski definition) is 7. The Labute approximate surface area is 182 Å². The summed E-state index contributed by atoms with van der Waals surface area (Å²) in [7, 11) is 0. The summed E-state index contributed by atoms with van der Waals surface area (Å²) in [5.74, 6) is 0.910. The number of aromatic nitrogens is 1. The Hall–Kier alpha value is -2.92. The predicted molar refractivity (Wildman–Crippen MR) is 116 cm³/mol. The van der Waals surface area contributed by atoms with Crippen molar-refractivity contribution in [2.75, 3.05) is 24.6 Å². The molecule has 2 unspecified atom stereocenters. The summed E-state index contributed by atoms with van der Waals surface area (Å²) < 4.78 is 6.09. The van der Waals surface area contributed by atoms with Gasteiger partial charge in [0, 0.05) is 42.7 Å². The zero-order chi connectivity index (χ0) is 22.2. The minimum absolute atomic E-state index is 0.0430. The topological polar surface area (TPSA) is 114 Å². The summed E-state index contributed by atoms with van der Waals surface area (Å²) >= 11 is 0. The van der Waals surface area contributed by atoms with Crippen molar-refractivity contribution >= 4 is 17.4 Å². The fourth-order valence-electron chi connectivity index (χ4n) is 5.28. The Balaban J connectivity index is 1.41. The van der Waals surface area contributed by atoms with Gasteiger partial charge < -0.3 is 25.1 Å². The van der Waals surface area contributed by atoms with Crippen molar-refractivity contribution in [2.45, 2.75) is 63.6 Å². The Morgan fingerprint density at radius 2 is 2.00 bits per heavy atom. The number of allylic oxidation sites excluding steroid dienone is 1. The molecule has 0 radical (unpaired) electrons. The SMILES string of the molecule is CC(=N)/C(=C(/C)O)C1(OCC(=O)N2CC3CCC(C2)N3c2ccc(C#N)cn2)CCC1. The molecule has 4 rings (SSSR count). The van der Waals surface area contributed by atoms with Gasteiger partial charge in [0.15, 0.2) is 0 Å². The predicted octanol–water partition coefficient (Wildman–Crippen LogP) is 2.94. The van der Waals surface area contributed by atoms with E-state index in [0.29, 0.717) is 37.1 Å². The monoisotopic (exact) mass is 423 g/mol. The molecular formula is C23H29N5O3. The molecule has 2 aliphatic heterocycles. The number of nitrogens with zero attached hydrogens (tertiary/aromatic N) is 4. The molecule has 31 heavy (non-hydrogen) atoms. The number of carbonyl (C=O) groups is 1. The molecule has 1 saturated carbocycles. The van der Waals surface area contributed by atoms with Crippen LogP contribution in [0.25, 0.3) is 0 Å². The van der Waals surface area contributed by atoms with Gasteiger partial charge in [-0.05, 0) is 58.1 Å². The summed E-state index contributed by atoms with van der Waals surface area (Å²) in [6, 6.07) is 6.18. The quantitative estimate of drug-likeness (QED) is 0.537. The van der Waals surface area contributed by atoms with Crippen LogP contribution >= 0.6 is 0 Å². The number of likely N-dealkylation sites (tertiary alicyclic amines) is 1. The molecule has 3 heterocycles. The number of anilines is 1. The number of nitriles is 1. The maximum absolute atomic E-state index is 13.0. The van der Waals surface area contributed by atoms with Crippen molar-refractivity contribution < 1.29 is 14.6 Å². The molecule has 3 fully saturated rings. The van der Waals surface area contributed by atoms with Crippen LogP contribution in [0.5, 0.6) is 0 Å². The Kier molecular flexibility index (Phi) is 5.71. The van der Waals surface area contributed by atoms with E-state index in [9.17, 15) is 9.90 Å². The summed E-state index contributed by atoms with van der Waals surface area (Å²) in [4.78, 5) is 21.6. The van der Waals surface area contributed by atoms with E-state index in [1.165, 1.54) is 0 Å². The van der Waals surface area contributed by atoms with Crippen LogP contribution < -0.4 is 4.90 Å². The lowest BCUT2D eigenvalue weighted by Gasteiger charge is -2.45. The lowest BCUT2D eigenvalue weighted by Crippen LogP contribution is -2.57. The number of ether oxygens (including phenoxy) is 1. The van der Waals surface area contributed by atoms with Crippen molar-refractivity contribution in [1.82, 2.24) is 9.88 Å². The molecule has 2 N–H and O–H groups in total. The number of hydrogen-bond donors (Lipinski definition) is 2. The third kappa shape index (κ3) is 3.90. The molecular weight excluding hydrogens is 394 g/mol. The normalized spacial score (nSPS) is 24.8. The molecule has 1 aromatic heterocycles. The van der Waals surface area contributed by atoms with Crippen molar-refractivity contribution in [2.24, 2.45) is 0 Å². The molecule has 8 nitrogen and oxygen atoms in total. The van der Waals surface area contributed by atoms with Gasteiger partial charge in [0.25, 0.3) is 0 Å². The Morgan fingerprint density at radius 1 is 1.32 bits per heavy atom. The molecule has 8 heteroatoms. The summed E-state index contributed by atoms with van der Waals surface area (Å²) in [6.07, 6.45) is 5.99. The average Bonchev–Trinajstić information content (AvgIpc) is 2.97. The lowest BCUT2D eigenvalue weighted by atomic mass is 9.72. The summed E-state index contributed by atoms with van der Waals surface area (Å²) in [5.41, 5.74) is 0.629. The molecule has 0 aromatic carbocycles. The van der Waals surface area contributed by atoms with Gasteiger partial charge in [-0.3, -0.25) is 4.79 Å². The number of amides is 1. The van der Waals surface area contributed by atoms with E-state index in [2.05, 4.69) is 16.0 Å². The van der Waals surface area contributed by atoms with Crippen LogP contribution in [0.2, 0.25) is 0 Å². The van der Waals surface area contributed by atoms with Crippen LogP contribution in [0, 0.1) is 16.7 Å². The second-order valence-corrected chi connectivity index (χ2v) is 8.83. The van der Waals surface area contributed by atoms with Crippen molar-refractivity contribution in [3.05, 3.63) is 35.2 Å². The minimum atomic E-state index is -0.715. The van der Waals surface area contributed by atoms with Crippen LogP contribution in [-0.4, -0.2) is 64.0 Å². The van der Waals surface area contributed by atoms with Crippen LogP contribution in [0.3, 0.4) is 0 Å². The Morgan fingerprint density at radius 3 is 2.45 bits per heavy atom. The molecule has 1 aromatic rings. The third-order valence-electron chi connectivity index (χ3n) is 6.80. The molecule has 164 valence electrons. The highest BCUT2D eigenvalue weighted by Gasteiger charge is 2.46. The first-order chi connectivity index (χ1) is 14.8. The number of rotatable bonds is 6. The molecule has 2 saturated heterocycles. The molecule has 2 atom stereocenters. The highest BCUT2D eigenvalue weighted by atomic mass is 16.5. The molecule has 0 spiro atoms.